The Kier molecular flexibility index (Phi) is 4.02. The van der Waals surface area contributed by atoms with E-state index in [1.165, 1.54) is 24.2 Å². The highest BCUT2D eigenvalue weighted by molar-refractivity contribution is 7.22. The summed E-state index contributed by atoms with van der Waals surface area (Å²) in [5, 5.41) is 4.63. The Bertz CT molecular complexity index is 853. The zero-order chi connectivity index (χ0) is 16.6. The zero-order valence-corrected chi connectivity index (χ0v) is 14.9. The number of fused-ring (bicyclic) bond motifs is 1. The summed E-state index contributed by atoms with van der Waals surface area (Å²) in [4.78, 5) is 16.3. The maximum absolute atomic E-state index is 6.16. The number of hydrogen-bond donors (Lipinski definition) is 1. The molecule has 1 unspecified atom stereocenters. The van der Waals surface area contributed by atoms with Crippen molar-refractivity contribution in [2.24, 2.45) is 0 Å². The highest BCUT2D eigenvalue weighted by Crippen LogP contribution is 2.36. The molecule has 0 bridgehead atoms. The number of nitrogens with one attached hydrogen (secondary N) is 1. The molecule has 0 spiro atoms. The van der Waals surface area contributed by atoms with Crippen LogP contribution in [0.1, 0.15) is 26.2 Å². The molecule has 0 aliphatic carbocycles. The van der Waals surface area contributed by atoms with Gasteiger partial charge in [0.2, 0.25) is 0 Å². The van der Waals surface area contributed by atoms with Crippen molar-refractivity contribution in [3.05, 3.63) is 41.3 Å². The smallest absolute Gasteiger partial charge is 0.140 e. The van der Waals surface area contributed by atoms with E-state index in [-0.39, 0.29) is 5.66 Å². The standard InChI is InChI=1S/C17H18ClN5S/c1-17(6-2-3-8-23(17)12-5-4-7-19-10-12)22-15-13-9-14(18)24-16(13)21-11-20-15/h4-5,7,9-11H,2-3,6,8H2,1H3,(H,20,21,22). The summed E-state index contributed by atoms with van der Waals surface area (Å²) >= 11 is 7.64. The third-order valence-corrected chi connectivity index (χ3v) is 5.71. The highest BCUT2D eigenvalue weighted by atomic mass is 35.5. The number of nitrogens with zero attached hydrogens (tertiary/aromatic N) is 4. The van der Waals surface area contributed by atoms with Crippen LogP contribution in [0.4, 0.5) is 11.5 Å². The third-order valence-electron chi connectivity index (χ3n) is 4.54. The minimum Gasteiger partial charge on any atom is -0.348 e. The van der Waals surface area contributed by atoms with Gasteiger partial charge in [0.25, 0.3) is 0 Å². The second-order valence-electron chi connectivity index (χ2n) is 6.21. The van der Waals surface area contributed by atoms with Crippen molar-refractivity contribution < 1.29 is 0 Å². The molecule has 0 amide bonds. The normalized spacial score (nSPS) is 21.2. The number of rotatable bonds is 3. The third kappa shape index (κ3) is 2.80. The zero-order valence-electron chi connectivity index (χ0n) is 13.4. The Morgan fingerprint density at radius 2 is 2.25 bits per heavy atom. The van der Waals surface area contributed by atoms with Gasteiger partial charge in [-0.15, -0.1) is 11.3 Å². The quantitative estimate of drug-likeness (QED) is 0.743. The monoisotopic (exact) mass is 359 g/mol. The average Bonchev–Trinajstić information content (AvgIpc) is 2.97. The van der Waals surface area contributed by atoms with Gasteiger partial charge >= 0.3 is 0 Å². The van der Waals surface area contributed by atoms with Crippen LogP contribution < -0.4 is 10.2 Å². The number of halogens is 1. The molecule has 0 radical (unpaired) electrons. The Morgan fingerprint density at radius 3 is 3.08 bits per heavy atom. The van der Waals surface area contributed by atoms with Crippen LogP contribution >= 0.6 is 22.9 Å². The summed E-state index contributed by atoms with van der Waals surface area (Å²) < 4.78 is 0.728. The van der Waals surface area contributed by atoms with E-state index in [1.54, 1.807) is 12.5 Å². The number of aromatic nitrogens is 3. The van der Waals surface area contributed by atoms with Gasteiger partial charge in [-0.1, -0.05) is 11.6 Å². The number of pyridine rings is 1. The molecule has 0 aromatic carbocycles. The first-order valence-corrected chi connectivity index (χ1v) is 9.21. The molecule has 24 heavy (non-hydrogen) atoms. The molecule has 3 aromatic heterocycles. The first-order chi connectivity index (χ1) is 11.7. The maximum Gasteiger partial charge on any atom is 0.140 e. The number of thiophene rings is 1. The lowest BCUT2D eigenvalue weighted by Crippen LogP contribution is -2.55. The van der Waals surface area contributed by atoms with Gasteiger partial charge in [0.1, 0.15) is 22.6 Å². The second kappa shape index (κ2) is 6.18. The van der Waals surface area contributed by atoms with Crippen LogP contribution in [0.2, 0.25) is 4.34 Å². The fourth-order valence-corrected chi connectivity index (χ4v) is 4.41. The van der Waals surface area contributed by atoms with E-state index in [1.807, 2.05) is 18.3 Å². The predicted octanol–water partition coefficient (Wildman–Crippen LogP) is 4.56. The minimum absolute atomic E-state index is 0.225. The summed E-state index contributed by atoms with van der Waals surface area (Å²) in [5.74, 6) is 0.835. The van der Waals surface area contributed by atoms with Gasteiger partial charge in [0.05, 0.1) is 21.6 Å². The summed E-state index contributed by atoms with van der Waals surface area (Å²) in [6.07, 6.45) is 8.71. The molecule has 1 N–H and O–H groups in total. The number of piperidine rings is 1. The van der Waals surface area contributed by atoms with E-state index >= 15 is 0 Å². The van der Waals surface area contributed by atoms with Crippen molar-refractivity contribution in [2.45, 2.75) is 31.8 Å². The average molecular weight is 360 g/mol. The molecule has 4 heterocycles. The van der Waals surface area contributed by atoms with Crippen LogP contribution in [0, 0.1) is 0 Å². The SMILES string of the molecule is CC1(Nc2ncnc3sc(Cl)cc23)CCCCN1c1cccnc1. The molecule has 1 aliphatic rings. The topological polar surface area (TPSA) is 53.9 Å². The molecule has 1 aliphatic heterocycles. The Labute approximate surface area is 149 Å². The van der Waals surface area contributed by atoms with Gasteiger partial charge in [0, 0.05) is 12.7 Å². The summed E-state index contributed by atoms with van der Waals surface area (Å²) in [6.45, 7) is 3.22. The van der Waals surface area contributed by atoms with Crippen molar-refractivity contribution in [3.63, 3.8) is 0 Å². The van der Waals surface area contributed by atoms with Gasteiger partial charge in [-0.25, -0.2) is 9.97 Å². The van der Waals surface area contributed by atoms with E-state index in [4.69, 9.17) is 11.6 Å². The van der Waals surface area contributed by atoms with E-state index in [0.29, 0.717) is 0 Å². The summed E-state index contributed by atoms with van der Waals surface area (Å²) in [7, 11) is 0. The van der Waals surface area contributed by atoms with Crippen LogP contribution in [0.15, 0.2) is 36.9 Å². The molecule has 3 aromatic rings. The Hall–Kier alpha value is -1.92. The van der Waals surface area contributed by atoms with Crippen molar-refractivity contribution in [1.82, 2.24) is 15.0 Å². The number of hydrogen-bond acceptors (Lipinski definition) is 6. The predicted molar refractivity (Wildman–Crippen MR) is 99.9 cm³/mol. The van der Waals surface area contributed by atoms with E-state index < -0.39 is 0 Å². The molecule has 124 valence electrons. The molecule has 4 rings (SSSR count). The molecular formula is C17H18ClN5S. The van der Waals surface area contributed by atoms with Crippen LogP contribution in [-0.4, -0.2) is 27.2 Å². The Morgan fingerprint density at radius 1 is 1.33 bits per heavy atom. The number of anilines is 2. The first kappa shape index (κ1) is 15.6. The molecule has 1 fully saturated rings. The lowest BCUT2D eigenvalue weighted by molar-refractivity contribution is 0.371. The molecule has 1 saturated heterocycles. The van der Waals surface area contributed by atoms with Crippen LogP contribution in [0.25, 0.3) is 10.2 Å². The molecule has 1 atom stereocenters. The van der Waals surface area contributed by atoms with Crippen molar-refractivity contribution in [1.29, 1.82) is 0 Å². The van der Waals surface area contributed by atoms with Gasteiger partial charge in [-0.3, -0.25) is 4.98 Å². The highest BCUT2D eigenvalue weighted by Gasteiger charge is 2.35. The van der Waals surface area contributed by atoms with Crippen LogP contribution in [0.3, 0.4) is 0 Å². The van der Waals surface area contributed by atoms with Crippen molar-refractivity contribution in [2.75, 3.05) is 16.8 Å². The van der Waals surface area contributed by atoms with Crippen LogP contribution in [-0.2, 0) is 0 Å². The Balaban J connectivity index is 1.72. The second-order valence-corrected chi connectivity index (χ2v) is 7.87. The molecule has 7 heteroatoms. The lowest BCUT2D eigenvalue weighted by atomic mass is 9.95. The van der Waals surface area contributed by atoms with Crippen molar-refractivity contribution in [3.8, 4) is 0 Å². The fraction of sp³-hybridized carbons (Fsp3) is 0.353. The first-order valence-electron chi connectivity index (χ1n) is 8.02. The largest absolute Gasteiger partial charge is 0.348 e. The lowest BCUT2D eigenvalue weighted by Gasteiger charge is -2.47. The molecular weight excluding hydrogens is 342 g/mol. The minimum atomic E-state index is -0.225. The molecule has 5 nitrogen and oxygen atoms in total. The van der Waals surface area contributed by atoms with E-state index in [9.17, 15) is 0 Å². The fourth-order valence-electron chi connectivity index (χ4n) is 3.36. The van der Waals surface area contributed by atoms with Crippen LogP contribution in [0.5, 0.6) is 0 Å². The van der Waals surface area contributed by atoms with Crippen molar-refractivity contribution >= 4 is 44.7 Å². The van der Waals surface area contributed by atoms with Gasteiger partial charge in [-0.2, -0.15) is 0 Å². The molecule has 0 saturated carbocycles. The van der Waals surface area contributed by atoms with E-state index in [0.717, 1.165) is 39.0 Å². The van der Waals surface area contributed by atoms with E-state index in [2.05, 4.69) is 38.2 Å². The van der Waals surface area contributed by atoms with Gasteiger partial charge in [0.15, 0.2) is 0 Å². The maximum atomic E-state index is 6.16. The summed E-state index contributed by atoms with van der Waals surface area (Å²) in [6, 6.07) is 6.02. The summed E-state index contributed by atoms with van der Waals surface area (Å²) in [5.41, 5.74) is 0.901. The van der Waals surface area contributed by atoms with Gasteiger partial charge < -0.3 is 10.2 Å². The van der Waals surface area contributed by atoms with Gasteiger partial charge in [-0.05, 0) is 44.4 Å².